The lowest BCUT2D eigenvalue weighted by atomic mass is 10.1. The Labute approximate surface area is 103 Å². The van der Waals surface area contributed by atoms with Gasteiger partial charge >= 0.3 is 0 Å². The van der Waals surface area contributed by atoms with Gasteiger partial charge in [-0.25, -0.2) is 8.78 Å². The van der Waals surface area contributed by atoms with Crippen molar-refractivity contribution in [3.8, 4) is 11.3 Å². The van der Waals surface area contributed by atoms with Gasteiger partial charge in [-0.2, -0.15) is 5.10 Å². The average molecular weight is 250 g/mol. The number of aldehydes is 1. The van der Waals surface area contributed by atoms with Gasteiger partial charge in [0.15, 0.2) is 0 Å². The van der Waals surface area contributed by atoms with Crippen molar-refractivity contribution in [1.82, 2.24) is 9.78 Å². The van der Waals surface area contributed by atoms with Gasteiger partial charge in [-0.15, -0.1) is 0 Å². The fraction of sp³-hybridized carbons (Fsp3) is 0.231. The summed E-state index contributed by atoms with van der Waals surface area (Å²) >= 11 is 0. The van der Waals surface area contributed by atoms with Crippen molar-refractivity contribution in [2.24, 2.45) is 0 Å². The smallest absolute Gasteiger partial charge is 0.147 e. The van der Waals surface area contributed by atoms with Crippen molar-refractivity contribution in [3.05, 3.63) is 42.1 Å². The summed E-state index contributed by atoms with van der Waals surface area (Å²) < 4.78 is 28.5. The fourth-order valence-corrected chi connectivity index (χ4v) is 1.57. The summed E-state index contributed by atoms with van der Waals surface area (Å²) in [7, 11) is 0. The summed E-state index contributed by atoms with van der Waals surface area (Å²) in [6.07, 6.45) is 2.25. The topological polar surface area (TPSA) is 34.9 Å². The van der Waals surface area contributed by atoms with Crippen molar-refractivity contribution in [1.29, 1.82) is 0 Å². The zero-order valence-electron chi connectivity index (χ0n) is 10.0. The first-order chi connectivity index (χ1) is 8.45. The van der Waals surface area contributed by atoms with Crippen LogP contribution in [0.2, 0.25) is 0 Å². The Bertz CT molecular complexity index is 570. The number of carbonyl (C=O) groups is 1. The molecule has 0 saturated heterocycles. The summed E-state index contributed by atoms with van der Waals surface area (Å²) in [6.45, 7) is 3.32. The first-order valence-electron chi connectivity index (χ1n) is 5.42. The maximum atomic E-state index is 13.6. The van der Waals surface area contributed by atoms with Crippen molar-refractivity contribution >= 4 is 6.29 Å². The lowest BCUT2D eigenvalue weighted by Crippen LogP contribution is -2.28. The molecule has 1 aromatic carbocycles. The van der Waals surface area contributed by atoms with Crippen LogP contribution in [-0.2, 0) is 10.3 Å². The third-order valence-electron chi connectivity index (χ3n) is 2.69. The summed E-state index contributed by atoms with van der Waals surface area (Å²) in [5.74, 6) is -1.35. The molecule has 18 heavy (non-hydrogen) atoms. The second kappa shape index (κ2) is 4.33. The normalized spacial score (nSPS) is 11.6. The maximum Gasteiger partial charge on any atom is 0.147 e. The Balaban J connectivity index is 2.51. The lowest BCUT2D eigenvalue weighted by molar-refractivity contribution is -0.114. The lowest BCUT2D eigenvalue weighted by Gasteiger charge is -2.17. The quantitative estimate of drug-likeness (QED) is 0.785. The van der Waals surface area contributed by atoms with Crippen molar-refractivity contribution in [3.63, 3.8) is 0 Å². The van der Waals surface area contributed by atoms with Crippen LogP contribution in [0.4, 0.5) is 8.78 Å². The van der Waals surface area contributed by atoms with Crippen LogP contribution in [0.5, 0.6) is 0 Å². The van der Waals surface area contributed by atoms with Gasteiger partial charge in [-0.3, -0.25) is 4.68 Å². The average Bonchev–Trinajstić information content (AvgIpc) is 2.79. The van der Waals surface area contributed by atoms with Crippen LogP contribution in [-0.4, -0.2) is 16.1 Å². The van der Waals surface area contributed by atoms with Crippen LogP contribution < -0.4 is 0 Å². The molecule has 2 aromatic rings. The number of benzene rings is 1. The molecule has 0 atom stereocenters. The largest absolute Gasteiger partial charge is 0.301 e. The van der Waals surface area contributed by atoms with E-state index in [2.05, 4.69) is 5.10 Å². The molecule has 0 aliphatic rings. The maximum absolute atomic E-state index is 13.6. The Morgan fingerprint density at radius 2 is 1.83 bits per heavy atom. The highest BCUT2D eigenvalue weighted by Gasteiger charge is 2.21. The molecular weight excluding hydrogens is 238 g/mol. The van der Waals surface area contributed by atoms with Crippen LogP contribution >= 0.6 is 0 Å². The number of rotatable bonds is 3. The number of hydrogen-bond acceptors (Lipinski definition) is 2. The van der Waals surface area contributed by atoms with Crippen LogP contribution in [0.15, 0.2) is 30.5 Å². The van der Waals surface area contributed by atoms with E-state index in [4.69, 9.17) is 0 Å². The van der Waals surface area contributed by atoms with E-state index in [9.17, 15) is 13.6 Å². The molecule has 94 valence electrons. The number of halogens is 2. The van der Waals surface area contributed by atoms with Gasteiger partial charge in [0.1, 0.15) is 23.5 Å². The van der Waals surface area contributed by atoms with E-state index in [-0.39, 0.29) is 11.3 Å². The SMILES string of the molecule is CC(C)(C=O)n1ccc(-c2c(F)cccc2F)n1. The molecule has 2 rings (SSSR count). The summed E-state index contributed by atoms with van der Waals surface area (Å²) in [5.41, 5.74) is -0.863. The zero-order chi connectivity index (χ0) is 13.3. The van der Waals surface area contributed by atoms with Gasteiger partial charge in [0.25, 0.3) is 0 Å². The van der Waals surface area contributed by atoms with E-state index >= 15 is 0 Å². The number of aromatic nitrogens is 2. The molecular formula is C13H12F2N2O. The molecule has 0 aliphatic carbocycles. The van der Waals surface area contributed by atoms with Crippen molar-refractivity contribution in [2.45, 2.75) is 19.4 Å². The predicted molar refractivity (Wildman–Crippen MR) is 63.0 cm³/mol. The standard InChI is InChI=1S/C13H12F2N2O/c1-13(2,8-18)17-7-6-11(16-17)12-9(14)4-3-5-10(12)15/h3-8H,1-2H3. The minimum absolute atomic E-state index is 0.167. The highest BCUT2D eigenvalue weighted by atomic mass is 19.1. The van der Waals surface area contributed by atoms with Gasteiger partial charge < -0.3 is 4.79 Å². The Morgan fingerprint density at radius 3 is 2.39 bits per heavy atom. The van der Waals surface area contributed by atoms with Crippen LogP contribution in [0.25, 0.3) is 11.3 Å². The molecule has 0 spiro atoms. The Morgan fingerprint density at radius 1 is 1.22 bits per heavy atom. The zero-order valence-corrected chi connectivity index (χ0v) is 10.0. The Hall–Kier alpha value is -2.04. The van der Waals surface area contributed by atoms with Gasteiger partial charge in [-0.1, -0.05) is 6.07 Å². The molecule has 0 aliphatic heterocycles. The minimum Gasteiger partial charge on any atom is -0.301 e. The van der Waals surface area contributed by atoms with Crippen molar-refractivity contribution in [2.75, 3.05) is 0 Å². The van der Waals surface area contributed by atoms with E-state index in [1.54, 1.807) is 13.8 Å². The second-order valence-electron chi connectivity index (χ2n) is 4.51. The highest BCUT2D eigenvalue weighted by molar-refractivity contribution is 5.63. The van der Waals surface area contributed by atoms with E-state index < -0.39 is 17.2 Å². The highest BCUT2D eigenvalue weighted by Crippen LogP contribution is 2.25. The molecule has 0 fully saturated rings. The molecule has 0 radical (unpaired) electrons. The predicted octanol–water partition coefficient (Wildman–Crippen LogP) is 2.76. The van der Waals surface area contributed by atoms with Gasteiger partial charge in [0.05, 0.1) is 11.3 Å². The van der Waals surface area contributed by atoms with E-state index in [1.165, 1.54) is 35.1 Å². The number of carbonyl (C=O) groups excluding carboxylic acids is 1. The minimum atomic E-state index is -0.847. The van der Waals surface area contributed by atoms with Crippen LogP contribution in [0.3, 0.4) is 0 Å². The third kappa shape index (κ3) is 2.03. The summed E-state index contributed by atoms with van der Waals surface area (Å²) in [5, 5.41) is 4.05. The molecule has 0 saturated carbocycles. The third-order valence-corrected chi connectivity index (χ3v) is 2.69. The fourth-order valence-electron chi connectivity index (χ4n) is 1.57. The number of hydrogen-bond donors (Lipinski definition) is 0. The number of nitrogens with zero attached hydrogens (tertiary/aromatic N) is 2. The van der Waals surface area contributed by atoms with Crippen molar-refractivity contribution < 1.29 is 13.6 Å². The molecule has 0 unspecified atom stereocenters. The second-order valence-corrected chi connectivity index (χ2v) is 4.51. The monoisotopic (exact) mass is 250 g/mol. The molecule has 0 amide bonds. The molecule has 5 heteroatoms. The summed E-state index contributed by atoms with van der Waals surface area (Å²) in [4.78, 5) is 10.9. The van der Waals surface area contributed by atoms with Gasteiger partial charge in [0, 0.05) is 6.20 Å². The Kier molecular flexibility index (Phi) is 2.98. The molecule has 0 bridgehead atoms. The van der Waals surface area contributed by atoms with Crippen LogP contribution in [0, 0.1) is 11.6 Å². The van der Waals surface area contributed by atoms with Crippen LogP contribution in [0.1, 0.15) is 13.8 Å². The molecule has 0 N–H and O–H groups in total. The molecule has 1 heterocycles. The van der Waals surface area contributed by atoms with Gasteiger partial charge in [0.2, 0.25) is 0 Å². The molecule has 3 nitrogen and oxygen atoms in total. The first-order valence-corrected chi connectivity index (χ1v) is 5.42. The van der Waals surface area contributed by atoms with E-state index in [0.29, 0.717) is 0 Å². The molecule has 1 aromatic heterocycles. The van der Waals surface area contributed by atoms with E-state index in [1.807, 2.05) is 0 Å². The summed E-state index contributed by atoms with van der Waals surface area (Å²) in [6, 6.07) is 5.11. The first kappa shape index (κ1) is 12.4. The van der Waals surface area contributed by atoms with Gasteiger partial charge in [-0.05, 0) is 32.0 Å². The van der Waals surface area contributed by atoms with E-state index in [0.717, 1.165) is 6.29 Å².